The number of aromatic nitrogens is 1. The zero-order valence-corrected chi connectivity index (χ0v) is 11.2. The SMILES string of the molecule is Nc1[nH]c(-c2ccc(-c3ccccc3)cc2)cc1C(=O)O. The fourth-order valence-corrected chi connectivity index (χ4v) is 2.28. The molecule has 2 aromatic carbocycles. The molecule has 0 aliphatic rings. The molecule has 4 nitrogen and oxygen atoms in total. The third kappa shape index (κ3) is 2.51. The van der Waals surface area contributed by atoms with Crippen LogP contribution in [0, 0.1) is 0 Å². The lowest BCUT2D eigenvalue weighted by Gasteiger charge is -2.03. The van der Waals surface area contributed by atoms with E-state index in [0.29, 0.717) is 5.69 Å². The van der Waals surface area contributed by atoms with Crippen LogP contribution in [0.25, 0.3) is 22.4 Å². The highest BCUT2D eigenvalue weighted by molar-refractivity contribution is 5.95. The predicted molar refractivity (Wildman–Crippen MR) is 83.0 cm³/mol. The van der Waals surface area contributed by atoms with Crippen LogP contribution in [0.3, 0.4) is 0 Å². The van der Waals surface area contributed by atoms with Crippen molar-refractivity contribution in [3.8, 4) is 22.4 Å². The number of hydrogen-bond acceptors (Lipinski definition) is 2. The molecule has 0 atom stereocenters. The van der Waals surface area contributed by atoms with Gasteiger partial charge in [-0.3, -0.25) is 0 Å². The minimum absolute atomic E-state index is 0.0946. The summed E-state index contributed by atoms with van der Waals surface area (Å²) >= 11 is 0. The van der Waals surface area contributed by atoms with E-state index in [-0.39, 0.29) is 11.4 Å². The van der Waals surface area contributed by atoms with E-state index in [1.54, 1.807) is 6.07 Å². The lowest BCUT2D eigenvalue weighted by Crippen LogP contribution is -1.98. The lowest BCUT2D eigenvalue weighted by molar-refractivity contribution is 0.0698. The predicted octanol–water partition coefficient (Wildman–Crippen LogP) is 3.63. The lowest BCUT2D eigenvalue weighted by atomic mass is 10.0. The Morgan fingerprint density at radius 3 is 2.05 bits per heavy atom. The number of nitrogens with two attached hydrogens (primary N) is 1. The molecule has 21 heavy (non-hydrogen) atoms. The monoisotopic (exact) mass is 278 g/mol. The van der Waals surface area contributed by atoms with Gasteiger partial charge in [-0.25, -0.2) is 4.79 Å². The molecule has 104 valence electrons. The Morgan fingerprint density at radius 1 is 0.905 bits per heavy atom. The third-order valence-electron chi connectivity index (χ3n) is 3.38. The van der Waals surface area contributed by atoms with Gasteiger partial charge in [-0.15, -0.1) is 0 Å². The fourth-order valence-electron chi connectivity index (χ4n) is 2.28. The first-order valence-corrected chi connectivity index (χ1v) is 6.53. The number of aromatic carboxylic acids is 1. The molecule has 0 aliphatic carbocycles. The first kappa shape index (κ1) is 13.0. The van der Waals surface area contributed by atoms with E-state index in [9.17, 15) is 4.79 Å². The zero-order chi connectivity index (χ0) is 14.8. The number of carboxylic acid groups (broad SMARTS) is 1. The average molecular weight is 278 g/mol. The van der Waals surface area contributed by atoms with Crippen LogP contribution in [0.5, 0.6) is 0 Å². The summed E-state index contributed by atoms with van der Waals surface area (Å²) in [5.41, 5.74) is 9.60. The van der Waals surface area contributed by atoms with Crippen molar-refractivity contribution in [2.45, 2.75) is 0 Å². The molecule has 1 heterocycles. The molecule has 0 amide bonds. The van der Waals surface area contributed by atoms with Gasteiger partial charge in [0.1, 0.15) is 11.4 Å². The second kappa shape index (κ2) is 5.17. The Labute approximate surface area is 121 Å². The van der Waals surface area contributed by atoms with E-state index in [2.05, 4.69) is 4.98 Å². The molecule has 0 bridgehead atoms. The molecule has 3 aromatic rings. The van der Waals surface area contributed by atoms with Gasteiger partial charge in [0.15, 0.2) is 0 Å². The fraction of sp³-hybridized carbons (Fsp3) is 0. The number of rotatable bonds is 3. The van der Waals surface area contributed by atoms with Crippen molar-refractivity contribution < 1.29 is 9.90 Å². The number of nitrogen functional groups attached to an aromatic ring is 1. The van der Waals surface area contributed by atoms with E-state index in [0.717, 1.165) is 16.7 Å². The quantitative estimate of drug-likeness (QED) is 0.684. The zero-order valence-electron chi connectivity index (χ0n) is 11.2. The van der Waals surface area contributed by atoms with Gasteiger partial charge in [0, 0.05) is 5.69 Å². The van der Waals surface area contributed by atoms with E-state index >= 15 is 0 Å². The van der Waals surface area contributed by atoms with Crippen LogP contribution in [-0.4, -0.2) is 16.1 Å². The van der Waals surface area contributed by atoms with Crippen molar-refractivity contribution in [2.24, 2.45) is 0 Å². The smallest absolute Gasteiger partial charge is 0.339 e. The van der Waals surface area contributed by atoms with Crippen molar-refractivity contribution in [1.29, 1.82) is 0 Å². The molecule has 4 heteroatoms. The molecule has 0 saturated heterocycles. The largest absolute Gasteiger partial charge is 0.478 e. The number of carbonyl (C=O) groups is 1. The van der Waals surface area contributed by atoms with Gasteiger partial charge in [-0.1, -0.05) is 54.6 Å². The molecule has 0 aliphatic heterocycles. The maximum atomic E-state index is 11.0. The summed E-state index contributed by atoms with van der Waals surface area (Å²) in [6.07, 6.45) is 0. The van der Waals surface area contributed by atoms with Crippen molar-refractivity contribution in [1.82, 2.24) is 4.98 Å². The van der Waals surface area contributed by atoms with Gasteiger partial charge in [0.2, 0.25) is 0 Å². The number of nitrogens with one attached hydrogen (secondary N) is 1. The van der Waals surface area contributed by atoms with Crippen LogP contribution in [0.1, 0.15) is 10.4 Å². The molecule has 1 aromatic heterocycles. The number of carboxylic acids is 1. The van der Waals surface area contributed by atoms with E-state index in [4.69, 9.17) is 10.8 Å². The second-order valence-electron chi connectivity index (χ2n) is 4.76. The average Bonchev–Trinajstić information content (AvgIpc) is 2.90. The van der Waals surface area contributed by atoms with Crippen LogP contribution in [0.2, 0.25) is 0 Å². The maximum absolute atomic E-state index is 11.0. The summed E-state index contributed by atoms with van der Waals surface area (Å²) < 4.78 is 0. The van der Waals surface area contributed by atoms with Gasteiger partial charge in [-0.2, -0.15) is 0 Å². The van der Waals surface area contributed by atoms with Crippen molar-refractivity contribution in [3.63, 3.8) is 0 Å². The molecule has 0 fully saturated rings. The first-order valence-electron chi connectivity index (χ1n) is 6.53. The number of benzene rings is 2. The minimum atomic E-state index is -1.03. The summed E-state index contributed by atoms with van der Waals surface area (Å²) in [6, 6.07) is 19.5. The molecule has 0 saturated carbocycles. The highest BCUT2D eigenvalue weighted by Gasteiger charge is 2.12. The van der Waals surface area contributed by atoms with Crippen molar-refractivity contribution in [2.75, 3.05) is 5.73 Å². The van der Waals surface area contributed by atoms with Crippen molar-refractivity contribution >= 4 is 11.8 Å². The Balaban J connectivity index is 1.94. The number of hydrogen-bond donors (Lipinski definition) is 3. The Morgan fingerprint density at radius 2 is 1.48 bits per heavy atom. The number of H-pyrrole nitrogens is 1. The highest BCUT2D eigenvalue weighted by atomic mass is 16.4. The summed E-state index contributed by atoms with van der Waals surface area (Å²) in [6.45, 7) is 0. The Kier molecular flexibility index (Phi) is 3.20. The molecule has 4 N–H and O–H groups in total. The van der Waals surface area contributed by atoms with E-state index < -0.39 is 5.97 Å². The third-order valence-corrected chi connectivity index (χ3v) is 3.38. The van der Waals surface area contributed by atoms with Crippen LogP contribution in [0.15, 0.2) is 60.7 Å². The molecular formula is C17H14N2O2. The molecule has 0 unspecified atom stereocenters. The van der Waals surface area contributed by atoms with Gasteiger partial charge < -0.3 is 15.8 Å². The number of aromatic amines is 1. The van der Waals surface area contributed by atoms with Gasteiger partial charge in [0.05, 0.1) is 0 Å². The Bertz CT molecular complexity index is 774. The Hall–Kier alpha value is -3.01. The highest BCUT2D eigenvalue weighted by Crippen LogP contribution is 2.26. The van der Waals surface area contributed by atoms with Crippen LogP contribution < -0.4 is 5.73 Å². The standard InChI is InChI=1S/C17H14N2O2/c18-16-14(17(20)21)10-15(19-16)13-8-6-12(7-9-13)11-4-2-1-3-5-11/h1-10,19H,18H2,(H,20,21). The van der Waals surface area contributed by atoms with E-state index in [1.165, 1.54) is 0 Å². The topological polar surface area (TPSA) is 79.1 Å². The number of anilines is 1. The molecule has 0 spiro atoms. The molecular weight excluding hydrogens is 264 g/mol. The van der Waals surface area contributed by atoms with Crippen LogP contribution in [0.4, 0.5) is 5.82 Å². The maximum Gasteiger partial charge on any atom is 0.339 e. The van der Waals surface area contributed by atoms with Gasteiger partial charge in [-0.05, 0) is 22.8 Å². The van der Waals surface area contributed by atoms with Gasteiger partial charge in [0.25, 0.3) is 0 Å². The first-order chi connectivity index (χ1) is 10.1. The van der Waals surface area contributed by atoms with E-state index in [1.807, 2.05) is 54.6 Å². The van der Waals surface area contributed by atoms with Crippen molar-refractivity contribution in [3.05, 3.63) is 66.2 Å². The molecule has 0 radical (unpaired) electrons. The van der Waals surface area contributed by atoms with Crippen LogP contribution >= 0.6 is 0 Å². The summed E-state index contributed by atoms with van der Waals surface area (Å²) in [5, 5.41) is 9.02. The second-order valence-corrected chi connectivity index (χ2v) is 4.76. The summed E-state index contributed by atoms with van der Waals surface area (Å²) in [7, 11) is 0. The minimum Gasteiger partial charge on any atom is -0.478 e. The molecule has 3 rings (SSSR count). The summed E-state index contributed by atoms with van der Waals surface area (Å²) in [5.74, 6) is -0.861. The van der Waals surface area contributed by atoms with Crippen LogP contribution in [-0.2, 0) is 0 Å². The van der Waals surface area contributed by atoms with Gasteiger partial charge >= 0.3 is 5.97 Å². The normalized spacial score (nSPS) is 10.5. The summed E-state index contributed by atoms with van der Waals surface area (Å²) in [4.78, 5) is 13.9.